The van der Waals surface area contributed by atoms with Crippen LogP contribution in [0.15, 0.2) is 6.07 Å². The third-order valence-corrected chi connectivity index (χ3v) is 3.36. The Morgan fingerprint density at radius 1 is 1.60 bits per heavy atom. The number of thioether (sulfide) groups is 1. The number of hydrogen-bond donors (Lipinski definition) is 1. The van der Waals surface area contributed by atoms with Crippen LogP contribution in [0.25, 0.3) is 0 Å². The Morgan fingerprint density at radius 3 is 2.80 bits per heavy atom. The van der Waals surface area contributed by atoms with Crippen molar-refractivity contribution in [3.05, 3.63) is 17.5 Å². The topological polar surface area (TPSA) is 29.9 Å². The van der Waals surface area contributed by atoms with Gasteiger partial charge in [-0.15, -0.1) is 0 Å². The Bertz CT molecular complexity index is 296. The van der Waals surface area contributed by atoms with Crippen molar-refractivity contribution in [3.63, 3.8) is 0 Å². The monoisotopic (exact) mass is 227 g/mol. The van der Waals surface area contributed by atoms with Gasteiger partial charge in [-0.05, 0) is 25.8 Å². The Morgan fingerprint density at radius 2 is 2.33 bits per heavy atom. The first-order chi connectivity index (χ1) is 7.21. The molecule has 1 rings (SSSR count). The van der Waals surface area contributed by atoms with E-state index in [-0.39, 0.29) is 0 Å². The molecule has 0 aliphatic carbocycles. The first-order valence-electron chi connectivity index (χ1n) is 5.39. The van der Waals surface area contributed by atoms with Gasteiger partial charge in [0, 0.05) is 31.0 Å². The molecule has 0 spiro atoms. The van der Waals surface area contributed by atoms with Crippen molar-refractivity contribution in [3.8, 4) is 0 Å². The molecule has 0 aromatic carbocycles. The molecule has 4 heteroatoms. The van der Waals surface area contributed by atoms with Crippen LogP contribution in [0.1, 0.15) is 18.3 Å². The van der Waals surface area contributed by atoms with E-state index in [0.717, 1.165) is 18.6 Å². The lowest BCUT2D eigenvalue weighted by molar-refractivity contribution is 0.581. The Balaban J connectivity index is 2.65. The van der Waals surface area contributed by atoms with Gasteiger partial charge in [-0.1, -0.05) is 6.92 Å². The van der Waals surface area contributed by atoms with Crippen molar-refractivity contribution in [2.24, 2.45) is 7.05 Å². The van der Waals surface area contributed by atoms with E-state index in [4.69, 9.17) is 0 Å². The standard InChI is InChI=1S/C11H21N3S/c1-5-9-6-11(14(3)13-9)7-10(12-2)8-15-4/h6,10,12H,5,7-8H2,1-4H3. The number of nitrogens with zero attached hydrogens (tertiary/aromatic N) is 2. The molecule has 1 unspecified atom stereocenters. The van der Waals surface area contributed by atoms with Gasteiger partial charge in [0.05, 0.1) is 5.69 Å². The van der Waals surface area contributed by atoms with Crippen LogP contribution in [-0.2, 0) is 19.9 Å². The highest BCUT2D eigenvalue weighted by molar-refractivity contribution is 7.98. The van der Waals surface area contributed by atoms with Crippen molar-refractivity contribution in [2.75, 3.05) is 19.1 Å². The molecular formula is C11H21N3S. The highest BCUT2D eigenvalue weighted by Gasteiger charge is 2.10. The van der Waals surface area contributed by atoms with E-state index in [1.165, 1.54) is 11.4 Å². The maximum absolute atomic E-state index is 4.46. The molecule has 3 nitrogen and oxygen atoms in total. The van der Waals surface area contributed by atoms with Gasteiger partial charge < -0.3 is 5.32 Å². The van der Waals surface area contributed by atoms with Crippen LogP contribution in [0.4, 0.5) is 0 Å². The molecule has 86 valence electrons. The summed E-state index contributed by atoms with van der Waals surface area (Å²) in [6.07, 6.45) is 4.21. The van der Waals surface area contributed by atoms with Crippen LogP contribution in [0, 0.1) is 0 Å². The fourth-order valence-electron chi connectivity index (χ4n) is 1.63. The fraction of sp³-hybridized carbons (Fsp3) is 0.727. The summed E-state index contributed by atoms with van der Waals surface area (Å²) in [5, 5.41) is 7.80. The first-order valence-corrected chi connectivity index (χ1v) is 6.78. The summed E-state index contributed by atoms with van der Waals surface area (Å²) in [5.74, 6) is 1.14. The lowest BCUT2D eigenvalue weighted by Gasteiger charge is -2.14. The summed E-state index contributed by atoms with van der Waals surface area (Å²) < 4.78 is 2.00. The summed E-state index contributed by atoms with van der Waals surface area (Å²) >= 11 is 1.88. The van der Waals surface area contributed by atoms with E-state index in [9.17, 15) is 0 Å². The molecule has 0 saturated carbocycles. The minimum Gasteiger partial charge on any atom is -0.316 e. The predicted octanol–water partition coefficient (Wildman–Crippen LogP) is 1.48. The maximum Gasteiger partial charge on any atom is 0.0624 e. The van der Waals surface area contributed by atoms with Crippen LogP contribution in [0.5, 0.6) is 0 Å². The van der Waals surface area contributed by atoms with Crippen molar-refractivity contribution in [1.29, 1.82) is 0 Å². The molecular weight excluding hydrogens is 206 g/mol. The maximum atomic E-state index is 4.46. The van der Waals surface area contributed by atoms with Crippen LogP contribution in [0.2, 0.25) is 0 Å². The normalized spacial score (nSPS) is 13.1. The number of aryl methyl sites for hydroxylation is 2. The molecule has 0 aliphatic rings. The summed E-state index contributed by atoms with van der Waals surface area (Å²) in [6.45, 7) is 2.14. The van der Waals surface area contributed by atoms with E-state index < -0.39 is 0 Å². The fourth-order valence-corrected chi connectivity index (χ4v) is 2.32. The second kappa shape index (κ2) is 6.18. The number of aromatic nitrogens is 2. The molecule has 1 atom stereocenters. The van der Waals surface area contributed by atoms with E-state index in [0.29, 0.717) is 6.04 Å². The molecule has 0 bridgehead atoms. The molecule has 1 aromatic heterocycles. The first kappa shape index (κ1) is 12.6. The molecule has 0 aliphatic heterocycles. The van der Waals surface area contributed by atoms with Crippen LogP contribution in [0.3, 0.4) is 0 Å². The minimum atomic E-state index is 0.542. The predicted molar refractivity (Wildman–Crippen MR) is 67.5 cm³/mol. The van der Waals surface area contributed by atoms with Gasteiger partial charge in [-0.3, -0.25) is 4.68 Å². The average molecular weight is 227 g/mol. The number of rotatable bonds is 6. The Kier molecular flexibility index (Phi) is 5.19. The molecule has 1 aromatic rings. The third-order valence-electron chi connectivity index (χ3n) is 2.62. The van der Waals surface area contributed by atoms with Crippen molar-refractivity contribution < 1.29 is 0 Å². The molecule has 1 heterocycles. The molecule has 0 saturated heterocycles. The smallest absolute Gasteiger partial charge is 0.0624 e. The van der Waals surface area contributed by atoms with Crippen LogP contribution in [-0.4, -0.2) is 34.9 Å². The quantitative estimate of drug-likeness (QED) is 0.798. The van der Waals surface area contributed by atoms with E-state index in [2.05, 4.69) is 29.7 Å². The van der Waals surface area contributed by atoms with Gasteiger partial charge in [0.25, 0.3) is 0 Å². The van der Waals surface area contributed by atoms with Gasteiger partial charge in [-0.2, -0.15) is 16.9 Å². The molecule has 0 amide bonds. The van der Waals surface area contributed by atoms with Crippen molar-refractivity contribution >= 4 is 11.8 Å². The van der Waals surface area contributed by atoms with E-state index >= 15 is 0 Å². The zero-order valence-corrected chi connectivity index (χ0v) is 10.9. The zero-order valence-electron chi connectivity index (χ0n) is 10.1. The largest absolute Gasteiger partial charge is 0.316 e. The van der Waals surface area contributed by atoms with Crippen LogP contribution >= 0.6 is 11.8 Å². The van der Waals surface area contributed by atoms with E-state index in [1.807, 2.05) is 30.5 Å². The summed E-state index contributed by atoms with van der Waals surface area (Å²) in [4.78, 5) is 0. The highest BCUT2D eigenvalue weighted by Crippen LogP contribution is 2.09. The zero-order chi connectivity index (χ0) is 11.3. The Labute approximate surface area is 96.6 Å². The second-order valence-corrected chi connectivity index (χ2v) is 4.66. The van der Waals surface area contributed by atoms with E-state index in [1.54, 1.807) is 0 Å². The lowest BCUT2D eigenvalue weighted by Crippen LogP contribution is -2.30. The van der Waals surface area contributed by atoms with Gasteiger partial charge in [-0.25, -0.2) is 0 Å². The molecule has 1 N–H and O–H groups in total. The molecule has 0 radical (unpaired) electrons. The number of hydrogen-bond acceptors (Lipinski definition) is 3. The van der Waals surface area contributed by atoms with Gasteiger partial charge >= 0.3 is 0 Å². The third kappa shape index (κ3) is 3.54. The van der Waals surface area contributed by atoms with Gasteiger partial charge in [0.15, 0.2) is 0 Å². The highest BCUT2D eigenvalue weighted by atomic mass is 32.2. The summed E-state index contributed by atoms with van der Waals surface area (Å²) in [5.41, 5.74) is 2.51. The summed E-state index contributed by atoms with van der Waals surface area (Å²) in [7, 11) is 4.05. The minimum absolute atomic E-state index is 0.542. The number of nitrogens with one attached hydrogen (secondary N) is 1. The average Bonchev–Trinajstić information content (AvgIpc) is 2.59. The van der Waals surface area contributed by atoms with Crippen molar-refractivity contribution in [2.45, 2.75) is 25.8 Å². The molecule has 0 fully saturated rings. The van der Waals surface area contributed by atoms with Crippen molar-refractivity contribution in [1.82, 2.24) is 15.1 Å². The summed E-state index contributed by atoms with van der Waals surface area (Å²) in [6, 6.07) is 2.75. The van der Waals surface area contributed by atoms with Gasteiger partial charge in [0.1, 0.15) is 0 Å². The van der Waals surface area contributed by atoms with Crippen LogP contribution < -0.4 is 5.32 Å². The second-order valence-electron chi connectivity index (χ2n) is 3.75. The number of likely N-dealkylation sites (N-methyl/N-ethyl adjacent to an activating group) is 1. The lowest BCUT2D eigenvalue weighted by atomic mass is 10.1. The SMILES string of the molecule is CCc1cc(CC(CSC)NC)n(C)n1. The Hall–Kier alpha value is -0.480. The molecule has 15 heavy (non-hydrogen) atoms. The van der Waals surface area contributed by atoms with Gasteiger partial charge in [0.2, 0.25) is 0 Å².